The highest BCUT2D eigenvalue weighted by atomic mass is 32.2. The van der Waals surface area contributed by atoms with Crippen LogP contribution >= 0.6 is 11.3 Å². The Hall–Kier alpha value is -3.03. The zero-order chi connectivity index (χ0) is 22.7. The fraction of sp³-hybridized carbons (Fsp3) is 0.200. The molecular formula is C25H24N2O3S2. The predicted octanol–water partition coefficient (Wildman–Crippen LogP) is 4.78. The van der Waals surface area contributed by atoms with Gasteiger partial charge in [0.15, 0.2) is 14.6 Å². The highest BCUT2D eigenvalue weighted by Crippen LogP contribution is 2.27. The Morgan fingerprint density at radius 3 is 2.09 bits per heavy atom. The molecule has 0 unspecified atom stereocenters. The molecule has 0 fully saturated rings. The molecule has 0 saturated carbocycles. The Labute approximate surface area is 191 Å². The minimum Gasteiger partial charge on any atom is -0.316 e. The monoisotopic (exact) mass is 464 g/mol. The van der Waals surface area contributed by atoms with Gasteiger partial charge < -0.3 is 4.57 Å². The van der Waals surface area contributed by atoms with Crippen molar-refractivity contribution in [2.45, 2.75) is 30.7 Å². The second kappa shape index (κ2) is 9.22. The molecule has 1 amide bonds. The first kappa shape index (κ1) is 22.2. The number of sulfone groups is 1. The fourth-order valence-corrected chi connectivity index (χ4v) is 5.56. The average Bonchev–Trinajstić information content (AvgIpc) is 3.11. The largest absolute Gasteiger partial charge is 0.316 e. The van der Waals surface area contributed by atoms with Crippen LogP contribution in [0.3, 0.4) is 0 Å². The van der Waals surface area contributed by atoms with Gasteiger partial charge in [-0.1, -0.05) is 78.9 Å². The first-order chi connectivity index (χ1) is 15.4. The molecule has 32 heavy (non-hydrogen) atoms. The lowest BCUT2D eigenvalue weighted by Crippen LogP contribution is -2.20. The second-order valence-electron chi connectivity index (χ2n) is 7.64. The number of hydrogen-bond acceptors (Lipinski definition) is 4. The number of carbonyl (C=O) groups is 1. The lowest BCUT2D eigenvalue weighted by atomic mass is 9.91. The highest BCUT2D eigenvalue weighted by Gasteiger charge is 2.23. The summed E-state index contributed by atoms with van der Waals surface area (Å²) in [5.41, 5.74) is 2.65. The number of aryl methyl sites for hydroxylation is 1. The van der Waals surface area contributed by atoms with Crippen molar-refractivity contribution >= 4 is 37.3 Å². The van der Waals surface area contributed by atoms with E-state index in [1.807, 2.05) is 65.2 Å². The van der Waals surface area contributed by atoms with Crippen molar-refractivity contribution in [1.82, 2.24) is 4.57 Å². The molecule has 0 atom stereocenters. The number of hydrogen-bond donors (Lipinski definition) is 0. The minimum atomic E-state index is -3.32. The number of aromatic nitrogens is 1. The lowest BCUT2D eigenvalue weighted by Gasteiger charge is -2.14. The number of nitrogens with zero attached hydrogens (tertiary/aromatic N) is 2. The van der Waals surface area contributed by atoms with Gasteiger partial charge in [0, 0.05) is 12.8 Å². The molecule has 0 saturated heterocycles. The number of rotatable bonds is 6. The third kappa shape index (κ3) is 4.59. The summed E-state index contributed by atoms with van der Waals surface area (Å²) in [5.74, 6) is -0.758. The van der Waals surface area contributed by atoms with Crippen LogP contribution in [-0.2, 0) is 21.2 Å². The van der Waals surface area contributed by atoms with E-state index in [0.29, 0.717) is 11.3 Å². The van der Waals surface area contributed by atoms with Gasteiger partial charge in [-0.3, -0.25) is 4.79 Å². The van der Waals surface area contributed by atoms with Crippen molar-refractivity contribution < 1.29 is 13.2 Å². The van der Waals surface area contributed by atoms with Gasteiger partial charge in [0.2, 0.25) is 0 Å². The molecular weight excluding hydrogens is 440 g/mol. The standard InChI is InChI=1S/C25H24N2O3S2/c1-3-16-27-21-15-14-20(32(2,29)30)17-22(21)31-25(27)26-24(28)23(18-10-6-4-7-11-18)19-12-8-5-9-13-19/h4-15,17,23H,3,16H2,1-2H3. The van der Waals surface area contributed by atoms with E-state index in [9.17, 15) is 13.2 Å². The first-order valence-electron chi connectivity index (χ1n) is 10.4. The summed E-state index contributed by atoms with van der Waals surface area (Å²) in [6.45, 7) is 2.75. The van der Waals surface area contributed by atoms with Crippen molar-refractivity contribution in [3.05, 3.63) is 94.8 Å². The zero-order valence-electron chi connectivity index (χ0n) is 17.9. The summed E-state index contributed by atoms with van der Waals surface area (Å²) in [7, 11) is -3.32. The molecule has 1 aromatic heterocycles. The smallest absolute Gasteiger partial charge is 0.260 e. The van der Waals surface area contributed by atoms with Crippen LogP contribution in [0.5, 0.6) is 0 Å². The summed E-state index contributed by atoms with van der Waals surface area (Å²) in [4.78, 5) is 18.9. The number of carbonyl (C=O) groups excluding carboxylic acids is 1. The average molecular weight is 465 g/mol. The molecule has 0 aliphatic carbocycles. The molecule has 3 aromatic carbocycles. The van der Waals surface area contributed by atoms with Crippen LogP contribution in [0.2, 0.25) is 0 Å². The molecule has 0 aliphatic rings. The maximum absolute atomic E-state index is 13.5. The highest BCUT2D eigenvalue weighted by molar-refractivity contribution is 7.90. The van der Waals surface area contributed by atoms with Gasteiger partial charge in [0.05, 0.1) is 21.0 Å². The number of thiazole rings is 1. The number of amides is 1. The molecule has 5 nitrogen and oxygen atoms in total. The van der Waals surface area contributed by atoms with Gasteiger partial charge in [0.25, 0.3) is 5.91 Å². The van der Waals surface area contributed by atoms with Crippen LogP contribution in [0.1, 0.15) is 30.4 Å². The van der Waals surface area contributed by atoms with Crippen LogP contribution in [-0.4, -0.2) is 25.1 Å². The lowest BCUT2D eigenvalue weighted by molar-refractivity contribution is -0.118. The van der Waals surface area contributed by atoms with Gasteiger partial charge >= 0.3 is 0 Å². The summed E-state index contributed by atoms with van der Waals surface area (Å²) in [6, 6.07) is 24.4. The molecule has 164 valence electrons. The second-order valence-corrected chi connectivity index (χ2v) is 10.7. The first-order valence-corrected chi connectivity index (χ1v) is 13.1. The number of benzene rings is 3. The molecule has 0 radical (unpaired) electrons. The Morgan fingerprint density at radius 2 is 1.56 bits per heavy atom. The molecule has 4 aromatic rings. The SMILES string of the molecule is CCCn1c(=NC(=O)C(c2ccccc2)c2ccccc2)sc2cc(S(C)(=O)=O)ccc21. The Bertz CT molecular complexity index is 1380. The molecule has 7 heteroatoms. The van der Waals surface area contributed by atoms with Gasteiger partial charge in [-0.15, -0.1) is 0 Å². The number of fused-ring (bicyclic) bond motifs is 1. The normalized spacial score (nSPS) is 12.5. The maximum atomic E-state index is 13.5. The van der Waals surface area contributed by atoms with Crippen LogP contribution in [0.15, 0.2) is 88.8 Å². The third-order valence-electron chi connectivity index (χ3n) is 5.25. The topological polar surface area (TPSA) is 68.5 Å². The maximum Gasteiger partial charge on any atom is 0.260 e. The van der Waals surface area contributed by atoms with Crippen molar-refractivity contribution in [2.24, 2.45) is 4.99 Å². The van der Waals surface area contributed by atoms with E-state index in [2.05, 4.69) is 11.9 Å². The summed E-state index contributed by atoms with van der Waals surface area (Å²) in [5, 5.41) is 0. The van der Waals surface area contributed by atoms with Crippen molar-refractivity contribution in [1.29, 1.82) is 0 Å². The van der Waals surface area contributed by atoms with E-state index >= 15 is 0 Å². The van der Waals surface area contributed by atoms with E-state index < -0.39 is 15.8 Å². The zero-order valence-corrected chi connectivity index (χ0v) is 19.6. The Balaban J connectivity index is 1.87. The molecule has 0 bridgehead atoms. The summed E-state index contributed by atoms with van der Waals surface area (Å²) < 4.78 is 26.8. The molecule has 0 spiro atoms. The van der Waals surface area contributed by atoms with Crippen LogP contribution in [0, 0.1) is 0 Å². The van der Waals surface area contributed by atoms with E-state index in [0.717, 1.165) is 27.8 Å². The Kier molecular flexibility index (Phi) is 6.39. The van der Waals surface area contributed by atoms with Gasteiger partial charge in [-0.25, -0.2) is 8.42 Å². The van der Waals surface area contributed by atoms with Gasteiger partial charge in [-0.2, -0.15) is 4.99 Å². The van der Waals surface area contributed by atoms with Crippen molar-refractivity contribution in [2.75, 3.05) is 6.26 Å². The molecule has 1 heterocycles. The third-order valence-corrected chi connectivity index (χ3v) is 7.40. The van der Waals surface area contributed by atoms with Crippen LogP contribution in [0.25, 0.3) is 10.2 Å². The van der Waals surface area contributed by atoms with E-state index in [4.69, 9.17) is 0 Å². The van der Waals surface area contributed by atoms with E-state index in [-0.39, 0.29) is 10.8 Å². The molecule has 0 aliphatic heterocycles. The summed E-state index contributed by atoms with van der Waals surface area (Å²) in [6.07, 6.45) is 2.06. The van der Waals surface area contributed by atoms with Crippen molar-refractivity contribution in [3.63, 3.8) is 0 Å². The van der Waals surface area contributed by atoms with Crippen LogP contribution in [0.4, 0.5) is 0 Å². The van der Waals surface area contributed by atoms with Crippen molar-refractivity contribution in [3.8, 4) is 0 Å². The molecule has 0 N–H and O–H groups in total. The summed E-state index contributed by atoms with van der Waals surface area (Å²) >= 11 is 1.34. The molecule has 4 rings (SSSR count). The fourth-order valence-electron chi connectivity index (χ4n) is 3.74. The minimum absolute atomic E-state index is 0.248. The van der Waals surface area contributed by atoms with Crippen LogP contribution < -0.4 is 4.80 Å². The van der Waals surface area contributed by atoms with E-state index in [1.165, 1.54) is 17.6 Å². The quantitative estimate of drug-likeness (QED) is 0.413. The Morgan fingerprint density at radius 1 is 0.969 bits per heavy atom. The predicted molar refractivity (Wildman–Crippen MR) is 129 cm³/mol. The van der Waals surface area contributed by atoms with E-state index in [1.54, 1.807) is 18.2 Å². The van der Waals surface area contributed by atoms with Gasteiger partial charge in [0.1, 0.15) is 0 Å². The van der Waals surface area contributed by atoms with Gasteiger partial charge in [-0.05, 0) is 35.7 Å².